The molecule has 20 heavy (non-hydrogen) atoms. The van der Waals surface area contributed by atoms with E-state index in [1.165, 1.54) is 7.11 Å². The molecule has 1 aromatic carbocycles. The molecule has 112 valence electrons. The molecule has 6 nitrogen and oxygen atoms in total. The summed E-state index contributed by atoms with van der Waals surface area (Å²) in [7, 11) is 0.104. The van der Waals surface area contributed by atoms with Crippen LogP contribution in [-0.2, 0) is 9.84 Å². The zero-order valence-corrected chi connectivity index (χ0v) is 12.7. The summed E-state index contributed by atoms with van der Waals surface area (Å²) < 4.78 is 33.7. The molecule has 1 aliphatic heterocycles. The summed E-state index contributed by atoms with van der Waals surface area (Å²) in [5.74, 6) is 1.39. The summed E-state index contributed by atoms with van der Waals surface area (Å²) in [5.41, 5.74) is 6.62. The zero-order valence-electron chi connectivity index (χ0n) is 11.9. The zero-order chi connectivity index (χ0) is 15.0. The van der Waals surface area contributed by atoms with Crippen molar-refractivity contribution in [1.29, 1.82) is 0 Å². The maximum Gasteiger partial charge on any atom is 0.162 e. The van der Waals surface area contributed by atoms with Gasteiger partial charge in [-0.05, 0) is 13.3 Å². The molecule has 7 heteroatoms. The van der Waals surface area contributed by atoms with E-state index in [4.69, 9.17) is 15.2 Å². The van der Waals surface area contributed by atoms with Crippen molar-refractivity contribution >= 4 is 21.2 Å². The van der Waals surface area contributed by atoms with Crippen LogP contribution >= 0.6 is 0 Å². The Balaban J connectivity index is 2.30. The molecule has 3 N–H and O–H groups in total. The van der Waals surface area contributed by atoms with Gasteiger partial charge in [-0.2, -0.15) is 0 Å². The molecule has 1 aliphatic rings. The van der Waals surface area contributed by atoms with Gasteiger partial charge in [-0.25, -0.2) is 8.42 Å². The Kier molecular flexibility index (Phi) is 3.73. The maximum absolute atomic E-state index is 11.6. The molecular formula is C13H20N2O4S. The molecule has 0 bridgehead atoms. The van der Waals surface area contributed by atoms with Crippen molar-refractivity contribution in [2.24, 2.45) is 0 Å². The highest BCUT2D eigenvalue weighted by Gasteiger charge is 2.38. The fourth-order valence-electron chi connectivity index (χ4n) is 2.44. The van der Waals surface area contributed by atoms with Gasteiger partial charge < -0.3 is 20.5 Å². The first-order chi connectivity index (χ1) is 9.28. The smallest absolute Gasteiger partial charge is 0.162 e. The average Bonchev–Trinajstić information content (AvgIpc) is 2.65. The maximum atomic E-state index is 11.6. The highest BCUT2D eigenvalue weighted by molar-refractivity contribution is 7.91. The number of hydrogen-bond donors (Lipinski definition) is 2. The van der Waals surface area contributed by atoms with Crippen LogP contribution in [0.3, 0.4) is 0 Å². The van der Waals surface area contributed by atoms with Crippen LogP contribution in [-0.4, -0.2) is 39.7 Å². The highest BCUT2D eigenvalue weighted by Crippen LogP contribution is 2.37. The number of sulfone groups is 1. The number of nitrogens with one attached hydrogen (secondary N) is 1. The van der Waals surface area contributed by atoms with Gasteiger partial charge in [0.25, 0.3) is 0 Å². The van der Waals surface area contributed by atoms with E-state index in [1.54, 1.807) is 19.2 Å². The Labute approximate surface area is 119 Å². The summed E-state index contributed by atoms with van der Waals surface area (Å²) in [4.78, 5) is 0. The number of nitrogens with two attached hydrogens (primary N) is 1. The number of anilines is 2. The van der Waals surface area contributed by atoms with Crippen molar-refractivity contribution in [3.63, 3.8) is 0 Å². The fraction of sp³-hybridized carbons (Fsp3) is 0.538. The number of ether oxygens (including phenoxy) is 2. The standard InChI is InChI=1S/C13H20N2O4S/c1-13(4-5-20(16,17)8-13)15-10-7-12(19-3)11(18-2)6-9(10)14/h6-7,15H,4-5,8,14H2,1-3H3. The lowest BCUT2D eigenvalue weighted by Gasteiger charge is -2.26. The third kappa shape index (κ3) is 2.92. The molecule has 0 aliphatic carbocycles. The summed E-state index contributed by atoms with van der Waals surface area (Å²) in [5, 5.41) is 3.23. The molecule has 1 saturated heterocycles. The second kappa shape index (κ2) is 5.05. The van der Waals surface area contributed by atoms with Crippen LogP contribution in [0.25, 0.3) is 0 Å². The Morgan fingerprint density at radius 3 is 2.35 bits per heavy atom. The molecule has 0 saturated carbocycles. The van der Waals surface area contributed by atoms with Gasteiger partial charge in [0.2, 0.25) is 0 Å². The number of rotatable bonds is 4. The first-order valence-electron chi connectivity index (χ1n) is 6.29. The van der Waals surface area contributed by atoms with Crippen molar-refractivity contribution in [3.8, 4) is 11.5 Å². The van der Waals surface area contributed by atoms with E-state index in [1.807, 2.05) is 6.92 Å². The summed E-state index contributed by atoms with van der Waals surface area (Å²) in [6.07, 6.45) is 0.559. The molecule has 1 atom stereocenters. The average molecular weight is 300 g/mol. The van der Waals surface area contributed by atoms with E-state index < -0.39 is 15.4 Å². The fourth-order valence-corrected chi connectivity index (χ4v) is 4.53. The van der Waals surface area contributed by atoms with E-state index in [9.17, 15) is 8.42 Å². The van der Waals surface area contributed by atoms with E-state index in [0.29, 0.717) is 29.3 Å². The Bertz CT molecular complexity index is 615. The van der Waals surface area contributed by atoms with Gasteiger partial charge in [0.05, 0.1) is 37.1 Å². The van der Waals surface area contributed by atoms with Crippen LogP contribution in [0, 0.1) is 0 Å². The van der Waals surface area contributed by atoms with Crippen molar-refractivity contribution in [1.82, 2.24) is 0 Å². The lowest BCUT2D eigenvalue weighted by atomic mass is 10.0. The number of hydrogen-bond acceptors (Lipinski definition) is 6. The van der Waals surface area contributed by atoms with Crippen molar-refractivity contribution in [2.45, 2.75) is 18.9 Å². The summed E-state index contributed by atoms with van der Waals surface area (Å²) in [6, 6.07) is 3.39. The molecule has 0 radical (unpaired) electrons. The van der Waals surface area contributed by atoms with Crippen LogP contribution in [0.1, 0.15) is 13.3 Å². The van der Waals surface area contributed by atoms with Gasteiger partial charge in [0.15, 0.2) is 21.3 Å². The number of methoxy groups -OCH3 is 2. The third-order valence-corrected chi connectivity index (χ3v) is 5.40. The predicted octanol–water partition coefficient (Wildman–Crippen LogP) is 1.28. The Morgan fingerprint density at radius 2 is 1.85 bits per heavy atom. The number of benzene rings is 1. The van der Waals surface area contributed by atoms with Crippen molar-refractivity contribution in [3.05, 3.63) is 12.1 Å². The normalized spacial score (nSPS) is 24.4. The molecule has 1 heterocycles. The second-order valence-corrected chi connectivity index (χ2v) is 7.51. The molecule has 2 rings (SSSR count). The van der Waals surface area contributed by atoms with Crippen LogP contribution in [0.2, 0.25) is 0 Å². The van der Waals surface area contributed by atoms with Gasteiger partial charge in [0, 0.05) is 17.7 Å². The van der Waals surface area contributed by atoms with E-state index in [2.05, 4.69) is 5.32 Å². The van der Waals surface area contributed by atoms with Gasteiger partial charge >= 0.3 is 0 Å². The predicted molar refractivity (Wildman–Crippen MR) is 79.3 cm³/mol. The molecule has 0 amide bonds. The molecule has 1 aromatic rings. The molecule has 1 fully saturated rings. The lowest BCUT2D eigenvalue weighted by molar-refractivity contribution is 0.355. The van der Waals surface area contributed by atoms with Crippen molar-refractivity contribution < 1.29 is 17.9 Å². The van der Waals surface area contributed by atoms with Crippen LogP contribution in [0.15, 0.2) is 12.1 Å². The van der Waals surface area contributed by atoms with Gasteiger partial charge in [-0.15, -0.1) is 0 Å². The van der Waals surface area contributed by atoms with Crippen molar-refractivity contribution in [2.75, 3.05) is 36.8 Å². The van der Waals surface area contributed by atoms with E-state index >= 15 is 0 Å². The van der Waals surface area contributed by atoms with Gasteiger partial charge in [-0.3, -0.25) is 0 Å². The number of nitrogen functional groups attached to an aromatic ring is 1. The first-order valence-corrected chi connectivity index (χ1v) is 8.11. The van der Waals surface area contributed by atoms with E-state index in [-0.39, 0.29) is 11.5 Å². The van der Waals surface area contributed by atoms with Crippen LogP contribution in [0.4, 0.5) is 11.4 Å². The van der Waals surface area contributed by atoms with E-state index in [0.717, 1.165) is 0 Å². The highest BCUT2D eigenvalue weighted by atomic mass is 32.2. The quantitative estimate of drug-likeness (QED) is 0.814. The minimum atomic E-state index is -2.97. The second-order valence-electron chi connectivity index (χ2n) is 5.32. The van der Waals surface area contributed by atoms with Gasteiger partial charge in [-0.1, -0.05) is 0 Å². The Hall–Kier alpha value is -1.63. The minimum absolute atomic E-state index is 0.105. The van der Waals surface area contributed by atoms with Crippen LogP contribution in [0.5, 0.6) is 11.5 Å². The summed E-state index contributed by atoms with van der Waals surface area (Å²) >= 11 is 0. The topological polar surface area (TPSA) is 90.6 Å². The van der Waals surface area contributed by atoms with Gasteiger partial charge in [0.1, 0.15) is 0 Å². The first kappa shape index (κ1) is 14.8. The van der Waals surface area contributed by atoms with Crippen LogP contribution < -0.4 is 20.5 Å². The molecule has 1 unspecified atom stereocenters. The summed E-state index contributed by atoms with van der Waals surface area (Å²) in [6.45, 7) is 1.88. The third-order valence-electron chi connectivity index (χ3n) is 3.50. The SMILES string of the molecule is COc1cc(N)c(NC2(C)CCS(=O)(=O)C2)cc1OC. The Morgan fingerprint density at radius 1 is 1.25 bits per heavy atom. The molecule has 0 spiro atoms. The molecule has 0 aromatic heterocycles. The minimum Gasteiger partial charge on any atom is -0.493 e. The lowest BCUT2D eigenvalue weighted by Crippen LogP contribution is -2.36. The monoisotopic (exact) mass is 300 g/mol. The largest absolute Gasteiger partial charge is 0.493 e. The molecular weight excluding hydrogens is 280 g/mol.